The molecule has 130 valence electrons. The highest BCUT2D eigenvalue weighted by Crippen LogP contribution is 2.48. The molecule has 2 aliphatic rings. The average molecular weight is 329 g/mol. The molecule has 0 bridgehead atoms. The number of carbonyl (C=O) groups is 2. The lowest BCUT2D eigenvalue weighted by molar-refractivity contribution is -0.130. The van der Waals surface area contributed by atoms with Gasteiger partial charge in [-0.2, -0.15) is 0 Å². The van der Waals surface area contributed by atoms with Gasteiger partial charge < -0.3 is 15.1 Å². The maximum atomic E-state index is 12.5. The topological polar surface area (TPSA) is 52.7 Å². The molecule has 1 N–H and O–H groups in total. The number of hydrogen-bond acceptors (Lipinski definition) is 2. The second-order valence-corrected chi connectivity index (χ2v) is 7.68. The van der Waals surface area contributed by atoms with Gasteiger partial charge in [-0.15, -0.1) is 0 Å². The van der Waals surface area contributed by atoms with E-state index in [0.29, 0.717) is 6.42 Å². The molecule has 1 heterocycles. The summed E-state index contributed by atoms with van der Waals surface area (Å²) in [6.45, 7) is 3.74. The maximum absolute atomic E-state index is 12.5. The van der Waals surface area contributed by atoms with Crippen molar-refractivity contribution in [3.05, 3.63) is 35.4 Å². The van der Waals surface area contributed by atoms with Gasteiger partial charge in [-0.1, -0.05) is 29.8 Å². The standard InChI is InChI=1S/C19H27N3O2/c1-14-4-6-15(7-5-14)10-17(23)22-9-8-19(13-22)11-16(12-19)20-18(24)21(2)3/h4-7,16H,8-13H2,1-3H3,(H,20,24). The normalized spacial score (nSPS) is 25.5. The summed E-state index contributed by atoms with van der Waals surface area (Å²) in [5.41, 5.74) is 2.52. The van der Waals surface area contributed by atoms with Crippen molar-refractivity contribution in [2.24, 2.45) is 5.41 Å². The summed E-state index contributed by atoms with van der Waals surface area (Å²) >= 11 is 0. The first kappa shape index (κ1) is 16.8. The number of nitrogens with one attached hydrogen (secondary N) is 1. The molecule has 1 saturated heterocycles. The van der Waals surface area contributed by atoms with Crippen LogP contribution in [0.5, 0.6) is 0 Å². The minimum atomic E-state index is -0.0276. The third-order valence-electron chi connectivity index (χ3n) is 5.36. The molecule has 0 unspecified atom stereocenters. The minimum Gasteiger partial charge on any atom is -0.342 e. The molecule has 1 aliphatic carbocycles. The van der Waals surface area contributed by atoms with Gasteiger partial charge in [-0.3, -0.25) is 4.79 Å². The number of hydrogen-bond donors (Lipinski definition) is 1. The van der Waals surface area contributed by atoms with Crippen LogP contribution in [0.25, 0.3) is 0 Å². The number of urea groups is 1. The third kappa shape index (κ3) is 3.55. The third-order valence-corrected chi connectivity index (χ3v) is 5.36. The molecule has 2 fully saturated rings. The van der Waals surface area contributed by atoms with Crippen molar-refractivity contribution < 1.29 is 9.59 Å². The second kappa shape index (κ2) is 6.46. The number of carbonyl (C=O) groups excluding carboxylic acids is 2. The van der Waals surface area contributed by atoms with Crippen molar-refractivity contribution in [1.29, 1.82) is 0 Å². The van der Waals surface area contributed by atoms with Crippen LogP contribution in [0.2, 0.25) is 0 Å². The summed E-state index contributed by atoms with van der Waals surface area (Å²) in [5, 5.41) is 3.04. The number of rotatable bonds is 3. The van der Waals surface area contributed by atoms with E-state index in [1.165, 1.54) is 5.56 Å². The molecule has 1 aromatic carbocycles. The SMILES string of the molecule is Cc1ccc(CC(=O)N2CCC3(CC(NC(=O)N(C)C)C3)C2)cc1. The monoisotopic (exact) mass is 329 g/mol. The Morgan fingerprint density at radius 2 is 1.92 bits per heavy atom. The van der Waals surface area contributed by atoms with E-state index in [1.807, 2.05) is 17.0 Å². The van der Waals surface area contributed by atoms with Gasteiger partial charge in [0.1, 0.15) is 0 Å². The quantitative estimate of drug-likeness (QED) is 0.924. The van der Waals surface area contributed by atoms with E-state index in [9.17, 15) is 9.59 Å². The Morgan fingerprint density at radius 1 is 1.25 bits per heavy atom. The fraction of sp³-hybridized carbons (Fsp3) is 0.579. The van der Waals surface area contributed by atoms with E-state index in [-0.39, 0.29) is 23.4 Å². The maximum Gasteiger partial charge on any atom is 0.317 e. The molecular formula is C19H27N3O2. The summed E-state index contributed by atoms with van der Waals surface area (Å²) in [5.74, 6) is 0.219. The van der Waals surface area contributed by atoms with E-state index in [0.717, 1.165) is 37.9 Å². The summed E-state index contributed by atoms with van der Waals surface area (Å²) in [4.78, 5) is 27.8. The van der Waals surface area contributed by atoms with Crippen molar-refractivity contribution >= 4 is 11.9 Å². The van der Waals surface area contributed by atoms with E-state index in [1.54, 1.807) is 19.0 Å². The molecule has 3 amide bonds. The Morgan fingerprint density at radius 3 is 2.54 bits per heavy atom. The van der Waals surface area contributed by atoms with Crippen molar-refractivity contribution in [1.82, 2.24) is 15.1 Å². The lowest BCUT2D eigenvalue weighted by atomic mass is 9.65. The Labute approximate surface area is 144 Å². The Balaban J connectivity index is 1.48. The van der Waals surface area contributed by atoms with Gasteiger partial charge in [0, 0.05) is 33.2 Å². The van der Waals surface area contributed by atoms with Crippen LogP contribution in [0.4, 0.5) is 4.79 Å². The molecule has 5 heteroatoms. The fourth-order valence-corrected chi connectivity index (χ4v) is 3.86. The summed E-state index contributed by atoms with van der Waals surface area (Å²) in [7, 11) is 3.51. The van der Waals surface area contributed by atoms with Gasteiger partial charge in [-0.25, -0.2) is 4.79 Å². The van der Waals surface area contributed by atoms with Crippen LogP contribution in [-0.4, -0.2) is 55.0 Å². The Hall–Kier alpha value is -2.04. The van der Waals surface area contributed by atoms with E-state index in [2.05, 4.69) is 24.4 Å². The van der Waals surface area contributed by atoms with Crippen molar-refractivity contribution in [3.8, 4) is 0 Å². The van der Waals surface area contributed by atoms with Crippen molar-refractivity contribution in [2.45, 2.75) is 38.6 Å². The molecule has 1 saturated carbocycles. The van der Waals surface area contributed by atoms with Crippen LogP contribution < -0.4 is 5.32 Å². The predicted octanol–water partition coefficient (Wildman–Crippen LogP) is 2.19. The van der Waals surface area contributed by atoms with Crippen LogP contribution in [0.1, 0.15) is 30.4 Å². The summed E-state index contributed by atoms with van der Waals surface area (Å²) < 4.78 is 0. The highest BCUT2D eigenvalue weighted by Gasteiger charge is 2.49. The van der Waals surface area contributed by atoms with Gasteiger partial charge in [0.2, 0.25) is 5.91 Å². The van der Waals surface area contributed by atoms with Gasteiger partial charge >= 0.3 is 6.03 Å². The fourth-order valence-electron chi connectivity index (χ4n) is 3.86. The van der Waals surface area contributed by atoms with Crippen molar-refractivity contribution in [2.75, 3.05) is 27.2 Å². The highest BCUT2D eigenvalue weighted by molar-refractivity contribution is 5.79. The molecule has 0 atom stereocenters. The number of nitrogens with zero attached hydrogens (tertiary/aromatic N) is 2. The molecule has 24 heavy (non-hydrogen) atoms. The zero-order chi connectivity index (χ0) is 17.3. The number of aryl methyl sites for hydroxylation is 1. The number of amides is 3. The number of likely N-dealkylation sites (tertiary alicyclic amines) is 1. The molecule has 0 aromatic heterocycles. The van der Waals surface area contributed by atoms with E-state index < -0.39 is 0 Å². The summed E-state index contributed by atoms with van der Waals surface area (Å²) in [6, 6.07) is 8.41. The lowest BCUT2D eigenvalue weighted by Gasteiger charge is -2.45. The highest BCUT2D eigenvalue weighted by atomic mass is 16.2. The van der Waals surface area contributed by atoms with E-state index in [4.69, 9.17) is 0 Å². The number of benzene rings is 1. The Bertz CT molecular complexity index is 618. The van der Waals surface area contributed by atoms with Crippen LogP contribution in [0.15, 0.2) is 24.3 Å². The average Bonchev–Trinajstić information content (AvgIpc) is 2.94. The first-order chi connectivity index (χ1) is 11.4. The van der Waals surface area contributed by atoms with Gasteiger partial charge in [0.25, 0.3) is 0 Å². The largest absolute Gasteiger partial charge is 0.342 e. The predicted molar refractivity (Wildman–Crippen MR) is 93.8 cm³/mol. The molecule has 0 radical (unpaired) electrons. The molecule has 5 nitrogen and oxygen atoms in total. The van der Waals surface area contributed by atoms with Crippen LogP contribution in [-0.2, 0) is 11.2 Å². The molecule has 1 aromatic rings. The zero-order valence-electron chi connectivity index (χ0n) is 14.8. The molecule has 1 spiro atoms. The smallest absolute Gasteiger partial charge is 0.317 e. The van der Waals surface area contributed by atoms with Gasteiger partial charge in [0.15, 0.2) is 0 Å². The first-order valence-corrected chi connectivity index (χ1v) is 8.68. The van der Waals surface area contributed by atoms with Gasteiger partial charge in [0.05, 0.1) is 6.42 Å². The molecule has 3 rings (SSSR count). The lowest BCUT2D eigenvalue weighted by Crippen LogP contribution is -2.54. The van der Waals surface area contributed by atoms with Crippen LogP contribution >= 0.6 is 0 Å². The summed E-state index contributed by atoms with van der Waals surface area (Å²) in [6.07, 6.45) is 3.51. The zero-order valence-corrected chi connectivity index (χ0v) is 14.8. The second-order valence-electron chi connectivity index (χ2n) is 7.68. The molecule has 1 aliphatic heterocycles. The molecular weight excluding hydrogens is 302 g/mol. The first-order valence-electron chi connectivity index (χ1n) is 8.68. The Kier molecular flexibility index (Phi) is 4.52. The minimum absolute atomic E-state index is 0.0276. The van der Waals surface area contributed by atoms with Crippen LogP contribution in [0, 0.1) is 12.3 Å². The van der Waals surface area contributed by atoms with Gasteiger partial charge in [-0.05, 0) is 37.2 Å². The van der Waals surface area contributed by atoms with Crippen molar-refractivity contribution in [3.63, 3.8) is 0 Å². The van der Waals surface area contributed by atoms with E-state index >= 15 is 0 Å². The van der Waals surface area contributed by atoms with Crippen LogP contribution in [0.3, 0.4) is 0 Å².